The van der Waals surface area contributed by atoms with Gasteiger partial charge in [0.05, 0.1) is 0 Å². The Kier molecular flexibility index (Phi) is 7.58. The highest BCUT2D eigenvalue weighted by molar-refractivity contribution is 5.98. The number of nitrogens with one attached hydrogen (secondary N) is 2. The lowest BCUT2D eigenvalue weighted by Crippen LogP contribution is -2.55. The molecule has 186 valence electrons. The number of piperidine rings is 1. The van der Waals surface area contributed by atoms with Crippen LogP contribution in [0.15, 0.2) is 42.5 Å². The number of carbonyl (C=O) groups excluding carboxylic acids is 3. The third-order valence-electron chi connectivity index (χ3n) is 6.80. The van der Waals surface area contributed by atoms with Crippen molar-refractivity contribution in [2.24, 2.45) is 5.92 Å². The van der Waals surface area contributed by atoms with Gasteiger partial charge in [-0.25, -0.2) is 0 Å². The van der Waals surface area contributed by atoms with Crippen LogP contribution in [0, 0.1) is 12.8 Å². The largest absolute Gasteiger partial charge is 0.454 e. The topological polar surface area (TPSA) is 97.0 Å². The van der Waals surface area contributed by atoms with Gasteiger partial charge < -0.3 is 25.0 Å². The van der Waals surface area contributed by atoms with Gasteiger partial charge in [-0.3, -0.25) is 14.4 Å². The minimum Gasteiger partial charge on any atom is -0.454 e. The first-order valence-electron chi connectivity index (χ1n) is 12.2. The molecule has 2 aliphatic heterocycles. The Morgan fingerprint density at radius 2 is 1.63 bits per heavy atom. The van der Waals surface area contributed by atoms with Crippen LogP contribution >= 0.6 is 0 Å². The summed E-state index contributed by atoms with van der Waals surface area (Å²) in [5.74, 6) is 0.611. The maximum Gasteiger partial charge on any atom is 0.253 e. The first-order chi connectivity index (χ1) is 16.9. The predicted octanol–water partition coefficient (Wildman–Crippen LogP) is 3.29. The van der Waals surface area contributed by atoms with Gasteiger partial charge in [-0.2, -0.15) is 0 Å². The summed E-state index contributed by atoms with van der Waals surface area (Å²) in [5, 5.41) is 5.99. The zero-order chi connectivity index (χ0) is 24.9. The minimum absolute atomic E-state index is 0.00829. The van der Waals surface area contributed by atoms with E-state index in [0.717, 1.165) is 12.0 Å². The molecule has 1 fully saturated rings. The van der Waals surface area contributed by atoms with Crippen molar-refractivity contribution in [3.05, 3.63) is 59.2 Å². The van der Waals surface area contributed by atoms with Crippen LogP contribution in [0.2, 0.25) is 0 Å². The Labute approximate surface area is 206 Å². The van der Waals surface area contributed by atoms with Gasteiger partial charge >= 0.3 is 0 Å². The molecule has 2 aromatic rings. The quantitative estimate of drug-likeness (QED) is 0.635. The van der Waals surface area contributed by atoms with E-state index in [4.69, 9.17) is 9.47 Å². The van der Waals surface area contributed by atoms with E-state index in [-0.39, 0.29) is 36.5 Å². The van der Waals surface area contributed by atoms with Crippen molar-refractivity contribution in [2.45, 2.75) is 52.1 Å². The molecule has 0 saturated carbocycles. The standard InChI is InChI=1S/C27H33N3O5/c1-4-18(3)28-26(32)24(29-25(31)20-7-5-17(2)6-8-20)19-11-13-30(14-12-19)27(33)21-9-10-22-23(15-21)35-16-34-22/h5-10,15,18-19,24H,4,11-14,16H2,1-3H3,(H,28,32)(H,29,31)/t18-,24-/m1/s1. The summed E-state index contributed by atoms with van der Waals surface area (Å²) < 4.78 is 10.7. The highest BCUT2D eigenvalue weighted by Crippen LogP contribution is 2.33. The number of benzene rings is 2. The number of amides is 3. The summed E-state index contributed by atoms with van der Waals surface area (Å²) in [6.07, 6.45) is 2.03. The fourth-order valence-corrected chi connectivity index (χ4v) is 4.41. The number of rotatable bonds is 7. The van der Waals surface area contributed by atoms with E-state index < -0.39 is 6.04 Å². The first kappa shape index (κ1) is 24.6. The zero-order valence-electron chi connectivity index (χ0n) is 20.5. The van der Waals surface area contributed by atoms with Crippen molar-refractivity contribution in [1.82, 2.24) is 15.5 Å². The van der Waals surface area contributed by atoms with Crippen LogP contribution in [-0.2, 0) is 4.79 Å². The van der Waals surface area contributed by atoms with E-state index in [1.807, 2.05) is 32.9 Å². The summed E-state index contributed by atoms with van der Waals surface area (Å²) >= 11 is 0. The summed E-state index contributed by atoms with van der Waals surface area (Å²) in [5.41, 5.74) is 2.13. The fourth-order valence-electron chi connectivity index (χ4n) is 4.41. The van der Waals surface area contributed by atoms with E-state index in [1.54, 1.807) is 35.2 Å². The lowest BCUT2D eigenvalue weighted by Gasteiger charge is -2.36. The van der Waals surface area contributed by atoms with Gasteiger partial charge in [0.2, 0.25) is 12.7 Å². The molecule has 2 aliphatic rings. The molecule has 2 N–H and O–H groups in total. The molecule has 0 unspecified atom stereocenters. The monoisotopic (exact) mass is 479 g/mol. The van der Waals surface area contributed by atoms with Gasteiger partial charge in [0, 0.05) is 30.3 Å². The molecule has 0 radical (unpaired) electrons. The molecular weight excluding hydrogens is 446 g/mol. The summed E-state index contributed by atoms with van der Waals surface area (Å²) in [7, 11) is 0. The fraction of sp³-hybridized carbons (Fsp3) is 0.444. The molecular formula is C27H33N3O5. The van der Waals surface area contributed by atoms with E-state index in [0.29, 0.717) is 48.6 Å². The van der Waals surface area contributed by atoms with Crippen LogP contribution < -0.4 is 20.1 Å². The second-order valence-corrected chi connectivity index (χ2v) is 9.33. The Morgan fingerprint density at radius 3 is 2.31 bits per heavy atom. The Hall–Kier alpha value is -3.55. The predicted molar refractivity (Wildman–Crippen MR) is 132 cm³/mol. The normalized spacial score (nSPS) is 16.9. The van der Waals surface area contributed by atoms with E-state index in [1.165, 1.54) is 0 Å². The second-order valence-electron chi connectivity index (χ2n) is 9.33. The van der Waals surface area contributed by atoms with E-state index in [9.17, 15) is 14.4 Å². The SMILES string of the molecule is CC[C@@H](C)NC(=O)[C@H](NC(=O)c1ccc(C)cc1)C1CCN(C(=O)c2ccc3c(c2)OCO3)CC1. The van der Waals surface area contributed by atoms with Crippen molar-refractivity contribution in [1.29, 1.82) is 0 Å². The summed E-state index contributed by atoms with van der Waals surface area (Å²) in [4.78, 5) is 40.9. The van der Waals surface area contributed by atoms with E-state index in [2.05, 4.69) is 10.6 Å². The van der Waals surface area contributed by atoms with Gasteiger partial charge in [-0.05, 0) is 69.4 Å². The van der Waals surface area contributed by atoms with Crippen LogP contribution in [-0.4, -0.2) is 54.6 Å². The molecule has 0 aromatic heterocycles. The van der Waals surface area contributed by atoms with Crippen LogP contribution in [0.5, 0.6) is 11.5 Å². The highest BCUT2D eigenvalue weighted by Gasteiger charge is 2.34. The van der Waals surface area contributed by atoms with Crippen molar-refractivity contribution >= 4 is 17.7 Å². The van der Waals surface area contributed by atoms with Crippen molar-refractivity contribution < 1.29 is 23.9 Å². The Morgan fingerprint density at radius 1 is 0.971 bits per heavy atom. The molecule has 35 heavy (non-hydrogen) atoms. The molecule has 0 aliphatic carbocycles. The molecule has 2 heterocycles. The number of hydrogen-bond donors (Lipinski definition) is 2. The smallest absolute Gasteiger partial charge is 0.253 e. The van der Waals surface area contributed by atoms with Gasteiger partial charge in [-0.15, -0.1) is 0 Å². The summed E-state index contributed by atoms with van der Waals surface area (Å²) in [6, 6.07) is 11.8. The molecule has 0 spiro atoms. The number of ether oxygens (including phenoxy) is 2. The van der Waals surface area contributed by atoms with Crippen LogP contribution in [0.3, 0.4) is 0 Å². The number of aryl methyl sites for hydroxylation is 1. The molecule has 3 amide bonds. The molecule has 8 heteroatoms. The van der Waals surface area contributed by atoms with Crippen LogP contribution in [0.1, 0.15) is 59.4 Å². The number of likely N-dealkylation sites (tertiary alicyclic amines) is 1. The van der Waals surface area contributed by atoms with E-state index >= 15 is 0 Å². The maximum absolute atomic E-state index is 13.1. The Balaban J connectivity index is 1.43. The zero-order valence-corrected chi connectivity index (χ0v) is 20.5. The number of carbonyl (C=O) groups is 3. The van der Waals surface area contributed by atoms with Crippen LogP contribution in [0.4, 0.5) is 0 Å². The third kappa shape index (κ3) is 5.75. The molecule has 2 atom stereocenters. The lowest BCUT2D eigenvalue weighted by atomic mass is 9.88. The molecule has 0 bridgehead atoms. The first-order valence-corrected chi connectivity index (χ1v) is 12.2. The molecule has 4 rings (SSSR count). The minimum atomic E-state index is -0.666. The molecule has 2 aromatic carbocycles. The van der Waals surface area contributed by atoms with Gasteiger partial charge in [-0.1, -0.05) is 24.6 Å². The van der Waals surface area contributed by atoms with Gasteiger partial charge in [0.15, 0.2) is 11.5 Å². The lowest BCUT2D eigenvalue weighted by molar-refractivity contribution is -0.125. The summed E-state index contributed by atoms with van der Waals surface area (Å²) in [6.45, 7) is 7.08. The third-order valence-corrected chi connectivity index (χ3v) is 6.80. The van der Waals surface area contributed by atoms with Crippen molar-refractivity contribution in [3.63, 3.8) is 0 Å². The average molecular weight is 480 g/mol. The maximum atomic E-state index is 13.1. The number of hydrogen-bond acceptors (Lipinski definition) is 5. The molecule has 1 saturated heterocycles. The van der Waals surface area contributed by atoms with Crippen molar-refractivity contribution in [2.75, 3.05) is 19.9 Å². The Bertz CT molecular complexity index is 1080. The second kappa shape index (κ2) is 10.8. The highest BCUT2D eigenvalue weighted by atomic mass is 16.7. The number of nitrogens with zero attached hydrogens (tertiary/aromatic N) is 1. The van der Waals surface area contributed by atoms with Gasteiger partial charge in [0.1, 0.15) is 6.04 Å². The average Bonchev–Trinajstić information content (AvgIpc) is 3.35. The number of fused-ring (bicyclic) bond motifs is 1. The van der Waals surface area contributed by atoms with Crippen LogP contribution in [0.25, 0.3) is 0 Å². The van der Waals surface area contributed by atoms with Gasteiger partial charge in [0.25, 0.3) is 11.8 Å². The molecule has 8 nitrogen and oxygen atoms in total. The van der Waals surface area contributed by atoms with Crippen molar-refractivity contribution in [3.8, 4) is 11.5 Å².